The van der Waals surface area contributed by atoms with Gasteiger partial charge in [-0.2, -0.15) is 5.10 Å². The van der Waals surface area contributed by atoms with Gasteiger partial charge in [0, 0.05) is 11.8 Å². The molecule has 1 aromatic carbocycles. The van der Waals surface area contributed by atoms with Gasteiger partial charge in [-0.25, -0.2) is 19.6 Å². The van der Waals surface area contributed by atoms with Crippen LogP contribution in [0.1, 0.15) is 40.2 Å². The van der Waals surface area contributed by atoms with Gasteiger partial charge in [0.05, 0.1) is 23.0 Å². The van der Waals surface area contributed by atoms with Crippen molar-refractivity contribution in [3.05, 3.63) is 60.3 Å². The number of halogens is 2. The maximum atomic E-state index is 13.5. The van der Waals surface area contributed by atoms with Crippen LogP contribution in [0, 0.1) is 0 Å². The Morgan fingerprint density at radius 3 is 2.12 bits per heavy atom. The van der Waals surface area contributed by atoms with Crippen LogP contribution in [0.2, 0.25) is 0 Å². The Hall–Kier alpha value is -3.66. The molecule has 1 aromatic heterocycles. The van der Waals surface area contributed by atoms with Crippen molar-refractivity contribution in [3.8, 4) is 11.1 Å². The summed E-state index contributed by atoms with van der Waals surface area (Å²) in [6.07, 6.45) is 5.33. The zero-order valence-corrected chi connectivity index (χ0v) is 19.2. The molecule has 0 saturated carbocycles. The highest BCUT2D eigenvalue weighted by Crippen LogP contribution is 2.27. The van der Waals surface area contributed by atoms with Gasteiger partial charge in [-0.1, -0.05) is 32.1 Å². The molecule has 0 spiro atoms. The number of rotatable bonds is 4. The molecule has 176 valence electrons. The number of pyridine rings is 1. The first-order valence-corrected chi connectivity index (χ1v) is 9.97. The van der Waals surface area contributed by atoms with E-state index in [1.165, 1.54) is 13.1 Å². The Bertz CT molecular complexity index is 938. The van der Waals surface area contributed by atoms with E-state index >= 15 is 0 Å². The molecule has 0 saturated heterocycles. The average Bonchev–Trinajstić information content (AvgIpc) is 2.82. The maximum Gasteiger partial charge on any atom is 0.173 e. The van der Waals surface area contributed by atoms with Gasteiger partial charge in [0.15, 0.2) is 11.7 Å². The van der Waals surface area contributed by atoms with Crippen LogP contribution in [0.15, 0.2) is 59.9 Å². The van der Waals surface area contributed by atoms with Crippen LogP contribution in [0.25, 0.3) is 11.1 Å². The van der Waals surface area contributed by atoms with Crippen LogP contribution >= 0.6 is 0 Å². The lowest BCUT2D eigenvalue weighted by Crippen LogP contribution is -2.45. The number of hydrazine groups is 1. The molecule has 10 heteroatoms. The third-order valence-electron chi connectivity index (χ3n) is 4.20. The van der Waals surface area contributed by atoms with Gasteiger partial charge < -0.3 is 23.0 Å². The molecule has 2 aromatic rings. The highest BCUT2D eigenvalue weighted by Gasteiger charge is 2.23. The van der Waals surface area contributed by atoms with Crippen molar-refractivity contribution in [2.45, 2.75) is 40.7 Å². The zero-order chi connectivity index (χ0) is 24.8. The summed E-state index contributed by atoms with van der Waals surface area (Å²) >= 11 is 0. The van der Waals surface area contributed by atoms with Crippen LogP contribution in [0.5, 0.6) is 0 Å². The lowest BCUT2D eigenvalue weighted by molar-refractivity contribution is 0.327. The standard InChI is InChI=1S/C16H20F2N8.C4H8.C2H6/c1-8(12(18)6-17)26(23)16(25-22)11-4-10(7-24-15(11)21)9-2-3-13(19)14(20)5-9;1-3-4-2;1-2/h2-8H,19-20,22-23H2,1H3,(H2,21,24);3-4H,1-2H3;1-2H3/b12-6-,25-16-;4-3-;. The summed E-state index contributed by atoms with van der Waals surface area (Å²) in [5, 5.41) is 4.42. The molecular weight excluding hydrogens is 414 g/mol. The number of nitrogens with zero attached hydrogens (tertiary/aromatic N) is 3. The molecule has 1 heterocycles. The van der Waals surface area contributed by atoms with Gasteiger partial charge in [-0.05, 0) is 44.5 Å². The van der Waals surface area contributed by atoms with E-state index in [-0.39, 0.29) is 23.5 Å². The van der Waals surface area contributed by atoms with Gasteiger partial charge in [-0.15, -0.1) is 0 Å². The second-order valence-corrected chi connectivity index (χ2v) is 6.20. The van der Waals surface area contributed by atoms with Crippen molar-refractivity contribution in [1.29, 1.82) is 0 Å². The van der Waals surface area contributed by atoms with Crippen molar-refractivity contribution < 1.29 is 8.78 Å². The molecule has 10 N–H and O–H groups in total. The number of hydrogen-bond acceptors (Lipinski definition) is 7. The van der Waals surface area contributed by atoms with E-state index < -0.39 is 11.9 Å². The lowest BCUT2D eigenvalue weighted by Gasteiger charge is -2.26. The van der Waals surface area contributed by atoms with E-state index in [1.54, 1.807) is 24.3 Å². The summed E-state index contributed by atoms with van der Waals surface area (Å²) in [5.41, 5.74) is 19.9. The first-order valence-electron chi connectivity index (χ1n) is 9.97. The molecule has 0 radical (unpaired) electrons. The van der Waals surface area contributed by atoms with Crippen molar-refractivity contribution in [2.24, 2.45) is 16.8 Å². The van der Waals surface area contributed by atoms with E-state index in [1.807, 2.05) is 39.8 Å². The van der Waals surface area contributed by atoms with E-state index in [4.69, 9.17) is 28.9 Å². The quantitative estimate of drug-likeness (QED) is 0.118. The number of amidine groups is 1. The second kappa shape index (κ2) is 14.4. The Balaban J connectivity index is 0.00000144. The zero-order valence-electron chi connectivity index (χ0n) is 19.2. The number of aromatic nitrogens is 1. The van der Waals surface area contributed by atoms with Crippen molar-refractivity contribution in [3.63, 3.8) is 0 Å². The number of allylic oxidation sites excluding steroid dienone is 2. The number of benzene rings is 1. The molecule has 1 atom stereocenters. The Kier molecular flexibility index (Phi) is 12.7. The number of hydrogen-bond donors (Lipinski definition) is 5. The van der Waals surface area contributed by atoms with Crippen molar-refractivity contribution >= 4 is 23.0 Å². The van der Waals surface area contributed by atoms with Gasteiger partial charge in [0.2, 0.25) is 0 Å². The van der Waals surface area contributed by atoms with E-state index in [0.717, 1.165) is 5.01 Å². The second-order valence-electron chi connectivity index (χ2n) is 6.20. The predicted octanol–water partition coefficient (Wildman–Crippen LogP) is 4.07. The molecule has 8 nitrogen and oxygen atoms in total. The molecule has 0 fully saturated rings. The van der Waals surface area contributed by atoms with Gasteiger partial charge in [0.1, 0.15) is 12.1 Å². The van der Waals surface area contributed by atoms with Gasteiger partial charge >= 0.3 is 0 Å². The fraction of sp³-hybridized carbons (Fsp3) is 0.273. The Labute approximate surface area is 188 Å². The fourth-order valence-electron chi connectivity index (χ4n) is 2.25. The largest absolute Gasteiger partial charge is 0.397 e. The summed E-state index contributed by atoms with van der Waals surface area (Å²) in [4.78, 5) is 4.09. The number of hydrazone groups is 1. The summed E-state index contributed by atoms with van der Waals surface area (Å²) in [6, 6.07) is 5.52. The third kappa shape index (κ3) is 7.55. The predicted molar refractivity (Wildman–Crippen MR) is 131 cm³/mol. The molecular formula is C22H34F2N8. The fourth-order valence-corrected chi connectivity index (χ4v) is 2.25. The van der Waals surface area contributed by atoms with Crippen molar-refractivity contribution in [1.82, 2.24) is 9.99 Å². The van der Waals surface area contributed by atoms with Gasteiger partial charge in [-0.3, -0.25) is 5.01 Å². The third-order valence-corrected chi connectivity index (χ3v) is 4.20. The normalized spacial score (nSPS) is 12.4. The molecule has 0 bridgehead atoms. The molecule has 32 heavy (non-hydrogen) atoms. The topological polar surface area (TPSA) is 159 Å². The molecule has 0 aliphatic carbocycles. The highest BCUT2D eigenvalue weighted by molar-refractivity contribution is 6.03. The first kappa shape index (κ1) is 28.3. The van der Waals surface area contributed by atoms with Gasteiger partial charge in [0.25, 0.3) is 0 Å². The van der Waals surface area contributed by atoms with E-state index in [2.05, 4.69) is 10.1 Å². The number of nitrogens with two attached hydrogens (primary N) is 5. The van der Waals surface area contributed by atoms with Crippen molar-refractivity contribution in [2.75, 3.05) is 17.2 Å². The average molecular weight is 449 g/mol. The molecule has 2 rings (SSSR count). The minimum Gasteiger partial charge on any atom is -0.397 e. The lowest BCUT2D eigenvalue weighted by atomic mass is 10.0. The summed E-state index contributed by atoms with van der Waals surface area (Å²) in [5.74, 6) is 10.1. The minimum atomic E-state index is -1.16. The first-order chi connectivity index (χ1) is 15.2. The maximum absolute atomic E-state index is 13.5. The Morgan fingerprint density at radius 2 is 1.66 bits per heavy atom. The van der Waals surface area contributed by atoms with Crippen LogP contribution in [0.3, 0.4) is 0 Å². The van der Waals surface area contributed by atoms with Crippen LogP contribution in [-0.4, -0.2) is 21.9 Å². The Morgan fingerprint density at radius 1 is 1.06 bits per heavy atom. The number of anilines is 3. The molecule has 0 amide bonds. The van der Waals surface area contributed by atoms with E-state index in [0.29, 0.717) is 22.5 Å². The molecule has 0 aliphatic rings. The SMILES string of the molecule is C/C=C\C.CC.CC(/C(F)=C/F)N(N)/C(=N\N)c1cc(-c2ccc(N)c(N)c2)cnc1N. The summed E-state index contributed by atoms with van der Waals surface area (Å²) in [6.45, 7) is 9.34. The van der Waals surface area contributed by atoms with Crippen LogP contribution in [-0.2, 0) is 0 Å². The van der Waals surface area contributed by atoms with Crippen LogP contribution in [0.4, 0.5) is 26.0 Å². The number of nitrogen functional groups attached to an aromatic ring is 3. The molecule has 1 unspecified atom stereocenters. The molecule has 0 aliphatic heterocycles. The minimum absolute atomic E-state index is 0.0636. The van der Waals surface area contributed by atoms with E-state index in [9.17, 15) is 8.78 Å². The highest BCUT2D eigenvalue weighted by atomic mass is 19.2. The summed E-state index contributed by atoms with van der Waals surface area (Å²) in [7, 11) is 0. The summed E-state index contributed by atoms with van der Waals surface area (Å²) < 4.78 is 26.0. The monoisotopic (exact) mass is 448 g/mol. The van der Waals surface area contributed by atoms with Crippen LogP contribution < -0.4 is 28.9 Å². The smallest absolute Gasteiger partial charge is 0.173 e.